The third-order valence-electron chi connectivity index (χ3n) is 3.39. The lowest BCUT2D eigenvalue weighted by Crippen LogP contribution is -2.15. The van der Waals surface area contributed by atoms with Crippen LogP contribution >= 0.6 is 0 Å². The van der Waals surface area contributed by atoms with Crippen LogP contribution in [0.2, 0.25) is 0 Å². The smallest absolute Gasteiger partial charge is 0.240 e. The summed E-state index contributed by atoms with van der Waals surface area (Å²) >= 11 is 0. The van der Waals surface area contributed by atoms with Crippen molar-refractivity contribution in [2.45, 2.75) is 30.6 Å². The van der Waals surface area contributed by atoms with Crippen LogP contribution in [0.1, 0.15) is 25.7 Å². The van der Waals surface area contributed by atoms with E-state index >= 15 is 0 Å². The first-order valence-electron chi connectivity index (χ1n) is 6.13. The van der Waals surface area contributed by atoms with Gasteiger partial charge in [0.15, 0.2) is 0 Å². The third kappa shape index (κ3) is 3.14. The number of sulfonamides is 1. The molecule has 6 heteroatoms. The molecule has 0 atom stereocenters. The molecular formula is C12H19N3O2S. The zero-order chi connectivity index (χ0) is 13.2. The summed E-state index contributed by atoms with van der Waals surface area (Å²) in [5.41, 5.74) is 6.72. The van der Waals surface area contributed by atoms with Crippen molar-refractivity contribution >= 4 is 21.4 Å². The fourth-order valence-electron chi connectivity index (χ4n) is 2.39. The van der Waals surface area contributed by atoms with Crippen molar-refractivity contribution in [1.82, 2.24) is 0 Å². The second kappa shape index (κ2) is 5.16. The summed E-state index contributed by atoms with van der Waals surface area (Å²) in [7, 11) is -3.73. The van der Waals surface area contributed by atoms with Crippen molar-refractivity contribution in [3.8, 4) is 0 Å². The second-order valence-electron chi connectivity index (χ2n) is 4.83. The summed E-state index contributed by atoms with van der Waals surface area (Å²) in [6, 6.07) is 4.77. The number of benzene rings is 1. The van der Waals surface area contributed by atoms with Crippen molar-refractivity contribution < 1.29 is 8.42 Å². The van der Waals surface area contributed by atoms with Crippen LogP contribution in [0.5, 0.6) is 0 Å². The molecule has 2 rings (SSSR count). The van der Waals surface area contributed by atoms with Crippen LogP contribution in [0.15, 0.2) is 23.1 Å². The van der Waals surface area contributed by atoms with E-state index in [-0.39, 0.29) is 10.6 Å². The molecule has 0 aromatic heterocycles. The molecule has 1 aliphatic carbocycles. The fraction of sp³-hybridized carbons (Fsp3) is 0.500. The van der Waals surface area contributed by atoms with Gasteiger partial charge in [-0.25, -0.2) is 13.6 Å². The molecule has 1 saturated carbocycles. The fourth-order valence-corrected chi connectivity index (χ4v) is 3.04. The molecular weight excluding hydrogens is 250 g/mol. The van der Waals surface area contributed by atoms with Gasteiger partial charge in [-0.15, -0.1) is 0 Å². The molecule has 0 aliphatic heterocycles. The predicted molar refractivity (Wildman–Crippen MR) is 72.7 cm³/mol. The molecule has 0 saturated heterocycles. The highest BCUT2D eigenvalue weighted by atomic mass is 32.2. The zero-order valence-electron chi connectivity index (χ0n) is 10.2. The molecule has 1 aromatic carbocycles. The van der Waals surface area contributed by atoms with Gasteiger partial charge in [0.05, 0.1) is 5.69 Å². The Balaban J connectivity index is 2.04. The number of rotatable bonds is 4. The van der Waals surface area contributed by atoms with E-state index < -0.39 is 10.0 Å². The number of nitrogens with two attached hydrogens (primary N) is 2. The highest BCUT2D eigenvalue weighted by molar-refractivity contribution is 7.89. The molecule has 1 fully saturated rings. The van der Waals surface area contributed by atoms with Crippen LogP contribution < -0.4 is 16.2 Å². The maximum absolute atomic E-state index is 11.2. The zero-order valence-corrected chi connectivity index (χ0v) is 11.0. The Morgan fingerprint density at radius 1 is 1.28 bits per heavy atom. The van der Waals surface area contributed by atoms with Crippen LogP contribution in [0, 0.1) is 5.92 Å². The van der Waals surface area contributed by atoms with Crippen LogP contribution in [0.25, 0.3) is 0 Å². The molecule has 100 valence electrons. The summed E-state index contributed by atoms with van der Waals surface area (Å²) in [6.07, 6.45) is 5.13. The first kappa shape index (κ1) is 13.2. The molecule has 0 bridgehead atoms. The lowest BCUT2D eigenvalue weighted by molar-refractivity contribution is 0.580. The molecule has 5 nitrogen and oxygen atoms in total. The van der Waals surface area contributed by atoms with Crippen molar-refractivity contribution in [2.24, 2.45) is 11.1 Å². The molecule has 5 N–H and O–H groups in total. The largest absolute Gasteiger partial charge is 0.398 e. The van der Waals surface area contributed by atoms with E-state index in [4.69, 9.17) is 10.9 Å². The first-order chi connectivity index (χ1) is 8.47. The molecule has 0 radical (unpaired) electrons. The number of nitrogen functional groups attached to an aromatic ring is 1. The van der Waals surface area contributed by atoms with E-state index in [1.165, 1.54) is 31.7 Å². The molecule has 1 aromatic rings. The topological polar surface area (TPSA) is 98.2 Å². The van der Waals surface area contributed by atoms with Gasteiger partial charge in [0, 0.05) is 12.2 Å². The van der Waals surface area contributed by atoms with E-state index in [1.54, 1.807) is 12.1 Å². The number of primary sulfonamides is 1. The van der Waals surface area contributed by atoms with Gasteiger partial charge in [-0.1, -0.05) is 12.8 Å². The van der Waals surface area contributed by atoms with E-state index in [0.717, 1.165) is 12.2 Å². The highest BCUT2D eigenvalue weighted by Crippen LogP contribution is 2.26. The normalized spacial score (nSPS) is 16.9. The van der Waals surface area contributed by atoms with Crippen LogP contribution in [0.4, 0.5) is 11.4 Å². The summed E-state index contributed by atoms with van der Waals surface area (Å²) in [5, 5.41) is 8.34. The second-order valence-corrected chi connectivity index (χ2v) is 6.36. The van der Waals surface area contributed by atoms with Gasteiger partial charge in [-0.3, -0.25) is 0 Å². The molecule has 1 aliphatic rings. The Labute approximate surface area is 108 Å². The average molecular weight is 269 g/mol. The maximum atomic E-state index is 11.2. The van der Waals surface area contributed by atoms with Crippen molar-refractivity contribution in [1.29, 1.82) is 0 Å². The Bertz CT molecular complexity index is 522. The molecule has 0 unspecified atom stereocenters. The molecule has 0 amide bonds. The highest BCUT2D eigenvalue weighted by Gasteiger charge is 2.15. The minimum absolute atomic E-state index is 0.0195. The Hall–Kier alpha value is -1.27. The predicted octanol–water partition coefficient (Wildman–Crippen LogP) is 1.52. The summed E-state index contributed by atoms with van der Waals surface area (Å²) < 4.78 is 22.4. The van der Waals surface area contributed by atoms with Gasteiger partial charge in [-0.05, 0) is 37.0 Å². The van der Waals surface area contributed by atoms with Gasteiger partial charge in [-0.2, -0.15) is 0 Å². The van der Waals surface area contributed by atoms with Crippen LogP contribution in [-0.2, 0) is 10.0 Å². The summed E-state index contributed by atoms with van der Waals surface area (Å²) in [5.74, 6) is 0.712. The monoisotopic (exact) mass is 269 g/mol. The number of hydrogen-bond acceptors (Lipinski definition) is 4. The van der Waals surface area contributed by atoms with E-state index in [9.17, 15) is 8.42 Å². The van der Waals surface area contributed by atoms with Gasteiger partial charge < -0.3 is 11.1 Å². The van der Waals surface area contributed by atoms with Gasteiger partial charge in [0.2, 0.25) is 10.0 Å². The minimum Gasteiger partial charge on any atom is -0.398 e. The first-order valence-corrected chi connectivity index (χ1v) is 7.67. The van der Waals surface area contributed by atoms with Crippen molar-refractivity contribution in [2.75, 3.05) is 17.6 Å². The molecule has 0 heterocycles. The minimum atomic E-state index is -3.73. The van der Waals surface area contributed by atoms with Gasteiger partial charge in [0.25, 0.3) is 0 Å². The number of hydrogen-bond donors (Lipinski definition) is 3. The quantitative estimate of drug-likeness (QED) is 0.722. The van der Waals surface area contributed by atoms with Crippen molar-refractivity contribution in [3.63, 3.8) is 0 Å². The SMILES string of the molecule is Nc1cc(NCC2CCCC2)ccc1S(N)(=O)=O. The van der Waals surface area contributed by atoms with E-state index in [0.29, 0.717) is 5.92 Å². The standard InChI is InChI=1S/C12H19N3O2S/c13-11-7-10(5-6-12(11)18(14,16)17)15-8-9-3-1-2-4-9/h5-7,9,15H,1-4,8,13H2,(H2,14,16,17). The van der Waals surface area contributed by atoms with Gasteiger partial charge in [0.1, 0.15) is 4.90 Å². The molecule has 0 spiro atoms. The van der Waals surface area contributed by atoms with E-state index in [2.05, 4.69) is 5.32 Å². The molecule has 18 heavy (non-hydrogen) atoms. The summed E-state index contributed by atoms with van der Waals surface area (Å²) in [6.45, 7) is 0.911. The van der Waals surface area contributed by atoms with Gasteiger partial charge >= 0.3 is 0 Å². The Kier molecular flexibility index (Phi) is 3.77. The average Bonchev–Trinajstić information content (AvgIpc) is 2.77. The third-order valence-corrected chi connectivity index (χ3v) is 4.37. The number of nitrogens with one attached hydrogen (secondary N) is 1. The van der Waals surface area contributed by atoms with Crippen LogP contribution in [-0.4, -0.2) is 15.0 Å². The van der Waals surface area contributed by atoms with E-state index in [1.807, 2.05) is 0 Å². The lowest BCUT2D eigenvalue weighted by Gasteiger charge is -2.13. The number of anilines is 2. The maximum Gasteiger partial charge on any atom is 0.240 e. The van der Waals surface area contributed by atoms with Crippen LogP contribution in [0.3, 0.4) is 0 Å². The summed E-state index contributed by atoms with van der Waals surface area (Å²) in [4.78, 5) is -0.0195. The Morgan fingerprint density at radius 3 is 2.50 bits per heavy atom. The lowest BCUT2D eigenvalue weighted by atomic mass is 10.1. The van der Waals surface area contributed by atoms with Crippen molar-refractivity contribution in [3.05, 3.63) is 18.2 Å². The Morgan fingerprint density at radius 2 is 1.94 bits per heavy atom.